The first-order chi connectivity index (χ1) is 13.9. The van der Waals surface area contributed by atoms with Crippen LogP contribution in [0.5, 0.6) is 0 Å². The van der Waals surface area contributed by atoms with E-state index < -0.39 is 40.2 Å². The van der Waals surface area contributed by atoms with Gasteiger partial charge in [0.15, 0.2) is 0 Å². The molecule has 0 aliphatic heterocycles. The molecule has 0 spiro atoms. The Bertz CT molecular complexity index is 749. The van der Waals surface area contributed by atoms with Gasteiger partial charge in [0.05, 0.1) is 12.2 Å². The largest absolute Gasteiger partial charge is 0.481 e. The highest BCUT2D eigenvalue weighted by Gasteiger charge is 2.24. The number of carboxylic acids is 2. The Morgan fingerprint density at radius 1 is 0.933 bits per heavy atom. The average Bonchev–Trinajstić information content (AvgIpc) is 2.62. The number of sulfonamides is 1. The average molecular weight is 462 g/mol. The highest BCUT2D eigenvalue weighted by molar-refractivity contribution is 7.99. The minimum Gasteiger partial charge on any atom is -0.481 e. The van der Waals surface area contributed by atoms with Gasteiger partial charge in [-0.15, -0.1) is 0 Å². The summed E-state index contributed by atoms with van der Waals surface area (Å²) in [6.07, 6.45) is 9.92. The van der Waals surface area contributed by atoms with E-state index in [9.17, 15) is 23.1 Å². The lowest BCUT2D eigenvalue weighted by Gasteiger charge is -2.13. The molecule has 30 heavy (non-hydrogen) atoms. The van der Waals surface area contributed by atoms with Crippen LogP contribution in [0.15, 0.2) is 34.9 Å². The van der Waals surface area contributed by atoms with Crippen molar-refractivity contribution in [2.75, 3.05) is 17.3 Å². The third-order valence-corrected chi connectivity index (χ3v) is 6.52. The summed E-state index contributed by atoms with van der Waals surface area (Å²) in [5, 5.41) is 17.8. The van der Waals surface area contributed by atoms with Crippen molar-refractivity contribution in [3.05, 3.63) is 34.9 Å². The van der Waals surface area contributed by atoms with Crippen LogP contribution < -0.4 is 4.72 Å². The summed E-state index contributed by atoms with van der Waals surface area (Å²) in [7, 11) is -3.96. The van der Waals surface area contributed by atoms with Crippen LogP contribution in [0.3, 0.4) is 0 Å². The first kappa shape index (κ1) is 28.4. The third-order valence-electron chi connectivity index (χ3n) is 4.16. The molecule has 0 aliphatic rings. The molecule has 0 heterocycles. The molecule has 0 saturated carbocycles. The fourth-order valence-corrected chi connectivity index (χ4v) is 4.66. The van der Waals surface area contributed by atoms with E-state index in [2.05, 4.69) is 37.6 Å². The molecular formula is C21H35NO6S2. The molecule has 0 amide bonds. The fraction of sp³-hybridized carbons (Fsp3) is 0.619. The Hall–Kier alpha value is -1.58. The van der Waals surface area contributed by atoms with Crippen LogP contribution in [0.1, 0.15) is 59.8 Å². The number of hydrogen-bond acceptors (Lipinski definition) is 5. The van der Waals surface area contributed by atoms with E-state index in [1.165, 1.54) is 28.5 Å². The molecule has 0 aromatic rings. The molecule has 0 aromatic carbocycles. The van der Waals surface area contributed by atoms with Crippen LogP contribution in [-0.4, -0.2) is 53.9 Å². The van der Waals surface area contributed by atoms with Gasteiger partial charge >= 0.3 is 11.9 Å². The molecule has 0 rings (SSSR count). The summed E-state index contributed by atoms with van der Waals surface area (Å²) >= 11 is 1.31. The Balaban J connectivity index is 4.36. The zero-order valence-corrected chi connectivity index (χ0v) is 19.9. The monoisotopic (exact) mass is 461 g/mol. The van der Waals surface area contributed by atoms with Gasteiger partial charge in [-0.1, -0.05) is 34.9 Å². The molecule has 0 fully saturated rings. The molecule has 172 valence electrons. The van der Waals surface area contributed by atoms with Crippen LogP contribution in [0.2, 0.25) is 0 Å². The van der Waals surface area contributed by atoms with Gasteiger partial charge in [-0.3, -0.25) is 9.59 Å². The van der Waals surface area contributed by atoms with E-state index in [1.54, 1.807) is 0 Å². The smallest absolute Gasteiger partial charge is 0.322 e. The Kier molecular flexibility index (Phi) is 14.5. The number of carboxylic acid groups (broad SMARTS) is 2. The molecule has 0 aliphatic carbocycles. The highest BCUT2D eigenvalue weighted by Crippen LogP contribution is 2.13. The summed E-state index contributed by atoms with van der Waals surface area (Å²) in [6.45, 7) is 8.35. The number of nitrogens with one attached hydrogen (secondary N) is 1. The minimum absolute atomic E-state index is 0.0643. The number of thioether (sulfide) groups is 1. The molecular weight excluding hydrogens is 426 g/mol. The molecule has 9 heteroatoms. The van der Waals surface area contributed by atoms with Crippen LogP contribution in [0, 0.1) is 0 Å². The van der Waals surface area contributed by atoms with Crippen LogP contribution >= 0.6 is 11.8 Å². The van der Waals surface area contributed by atoms with E-state index in [0.717, 1.165) is 25.7 Å². The second kappa shape index (κ2) is 15.3. The predicted octanol–water partition coefficient (Wildman–Crippen LogP) is 3.99. The maximum atomic E-state index is 11.8. The molecule has 0 bridgehead atoms. The van der Waals surface area contributed by atoms with Gasteiger partial charge in [-0.2, -0.15) is 11.8 Å². The second-order valence-electron chi connectivity index (χ2n) is 7.47. The molecule has 0 radical (unpaired) electrons. The number of hydrogen-bond donors (Lipinski definition) is 3. The van der Waals surface area contributed by atoms with Crippen molar-refractivity contribution in [1.29, 1.82) is 0 Å². The second-order valence-corrected chi connectivity index (χ2v) is 10.4. The lowest BCUT2D eigenvalue weighted by atomic mass is 10.1. The van der Waals surface area contributed by atoms with E-state index in [1.807, 2.05) is 13.0 Å². The number of aliphatic carboxylic acids is 2. The van der Waals surface area contributed by atoms with Gasteiger partial charge in [-0.05, 0) is 53.4 Å². The van der Waals surface area contributed by atoms with Crippen LogP contribution in [-0.2, 0) is 19.6 Å². The third kappa shape index (κ3) is 16.2. The van der Waals surface area contributed by atoms with Crippen molar-refractivity contribution in [1.82, 2.24) is 4.72 Å². The summed E-state index contributed by atoms with van der Waals surface area (Å²) in [4.78, 5) is 21.8. The molecule has 0 aromatic heterocycles. The van der Waals surface area contributed by atoms with Crippen molar-refractivity contribution in [3.8, 4) is 0 Å². The molecule has 7 nitrogen and oxygen atoms in total. The summed E-state index contributed by atoms with van der Waals surface area (Å²) in [6, 6.07) is -1.28. The standard InChI is InChI=1S/C21H35NO6S2/c1-16(2)7-5-8-17(3)9-6-10-18(4)11-13-29-15-19(21(25)26)22-30(27,28)14-12-20(23)24/h7,9,11,19,22H,5-6,8,10,12-15H2,1-4H3,(H,23,24)(H,25,26)/b17-9+,18-11+/t19-/m0/s1. The SMILES string of the molecule is CC(C)=CCC/C(C)=C/CC/C(C)=C/CSC[C@H](NS(=O)(=O)CCC(=O)O)C(=O)O. The van der Waals surface area contributed by atoms with Gasteiger partial charge in [0.1, 0.15) is 6.04 Å². The van der Waals surface area contributed by atoms with Crippen molar-refractivity contribution in [2.24, 2.45) is 0 Å². The summed E-state index contributed by atoms with van der Waals surface area (Å²) in [5.41, 5.74) is 3.90. The zero-order valence-electron chi connectivity index (χ0n) is 18.3. The van der Waals surface area contributed by atoms with Gasteiger partial charge in [0.25, 0.3) is 0 Å². The van der Waals surface area contributed by atoms with Crippen molar-refractivity contribution >= 4 is 33.7 Å². The predicted molar refractivity (Wildman–Crippen MR) is 123 cm³/mol. The van der Waals surface area contributed by atoms with Crippen LogP contribution in [0.4, 0.5) is 0 Å². The topological polar surface area (TPSA) is 121 Å². The van der Waals surface area contributed by atoms with Gasteiger partial charge < -0.3 is 10.2 Å². The van der Waals surface area contributed by atoms with Crippen molar-refractivity contribution < 1.29 is 28.2 Å². The maximum absolute atomic E-state index is 11.8. The Morgan fingerprint density at radius 3 is 2.03 bits per heavy atom. The number of rotatable bonds is 16. The van der Waals surface area contributed by atoms with E-state index in [4.69, 9.17) is 5.11 Å². The quantitative estimate of drug-likeness (QED) is 0.235. The molecule has 0 saturated heterocycles. The molecule has 3 N–H and O–H groups in total. The van der Waals surface area contributed by atoms with Crippen LogP contribution in [0.25, 0.3) is 0 Å². The lowest BCUT2D eigenvalue weighted by molar-refractivity contribution is -0.138. The maximum Gasteiger partial charge on any atom is 0.322 e. The van der Waals surface area contributed by atoms with Crippen molar-refractivity contribution in [2.45, 2.75) is 65.8 Å². The Labute approximate surface area is 184 Å². The zero-order chi connectivity index (χ0) is 23.2. The lowest BCUT2D eigenvalue weighted by Crippen LogP contribution is -2.43. The first-order valence-electron chi connectivity index (χ1n) is 9.90. The number of allylic oxidation sites excluding steroid dienone is 5. The highest BCUT2D eigenvalue weighted by atomic mass is 32.2. The fourth-order valence-electron chi connectivity index (χ4n) is 2.38. The first-order valence-corrected chi connectivity index (χ1v) is 12.7. The van der Waals surface area contributed by atoms with E-state index in [0.29, 0.717) is 5.75 Å². The summed E-state index contributed by atoms with van der Waals surface area (Å²) < 4.78 is 25.7. The summed E-state index contributed by atoms with van der Waals surface area (Å²) in [5.74, 6) is -2.53. The van der Waals surface area contributed by atoms with Gasteiger partial charge in [0.2, 0.25) is 10.0 Å². The van der Waals surface area contributed by atoms with E-state index >= 15 is 0 Å². The molecule has 0 unspecified atom stereocenters. The molecule has 1 atom stereocenters. The Morgan fingerprint density at radius 2 is 1.50 bits per heavy atom. The normalized spacial score (nSPS) is 13.7. The number of carbonyl (C=O) groups is 2. The van der Waals surface area contributed by atoms with Gasteiger partial charge in [-0.25, -0.2) is 13.1 Å². The van der Waals surface area contributed by atoms with E-state index in [-0.39, 0.29) is 5.75 Å². The minimum atomic E-state index is -3.96. The van der Waals surface area contributed by atoms with Gasteiger partial charge in [0, 0.05) is 11.5 Å². The van der Waals surface area contributed by atoms with Crippen molar-refractivity contribution in [3.63, 3.8) is 0 Å².